The Kier molecular flexibility index (Phi) is 4.78. The van der Waals surface area contributed by atoms with Crippen molar-refractivity contribution in [2.45, 2.75) is 39.3 Å². The number of hydrogen-bond donors (Lipinski definition) is 1. The van der Waals surface area contributed by atoms with Crippen LogP contribution in [0.1, 0.15) is 37.6 Å². The molecule has 24 heavy (non-hydrogen) atoms. The van der Waals surface area contributed by atoms with E-state index in [0.29, 0.717) is 21.9 Å². The zero-order valence-electron chi connectivity index (χ0n) is 14.1. The quantitative estimate of drug-likeness (QED) is 0.863. The number of hydrogen-bond acceptors (Lipinski definition) is 4. The molecule has 1 N–H and O–H groups in total. The summed E-state index contributed by atoms with van der Waals surface area (Å²) in [6.07, 6.45) is 4.47. The summed E-state index contributed by atoms with van der Waals surface area (Å²) in [4.78, 5) is 12.6. The molecular formula is C16H22BrN5O2. The van der Waals surface area contributed by atoms with E-state index in [1.165, 1.54) is 0 Å². The lowest BCUT2D eigenvalue weighted by atomic mass is 10.1. The van der Waals surface area contributed by atoms with Crippen molar-refractivity contribution in [3.8, 4) is 0 Å². The Labute approximate surface area is 149 Å². The summed E-state index contributed by atoms with van der Waals surface area (Å²) < 4.78 is 9.53. The van der Waals surface area contributed by atoms with E-state index in [9.17, 15) is 4.79 Å². The maximum atomic E-state index is 12.6. The Balaban J connectivity index is 1.73. The molecule has 130 valence electrons. The van der Waals surface area contributed by atoms with Gasteiger partial charge in [-0.15, -0.1) is 0 Å². The van der Waals surface area contributed by atoms with Gasteiger partial charge in [0.25, 0.3) is 5.91 Å². The van der Waals surface area contributed by atoms with Crippen molar-refractivity contribution in [2.75, 3.05) is 18.5 Å². The molecule has 7 nitrogen and oxygen atoms in total. The highest BCUT2D eigenvalue weighted by Gasteiger charge is 2.22. The highest BCUT2D eigenvalue weighted by molar-refractivity contribution is 9.10. The van der Waals surface area contributed by atoms with E-state index in [4.69, 9.17) is 4.74 Å². The maximum Gasteiger partial charge on any atom is 0.261 e. The van der Waals surface area contributed by atoms with Gasteiger partial charge in [-0.3, -0.25) is 9.48 Å². The summed E-state index contributed by atoms with van der Waals surface area (Å²) in [6, 6.07) is 1.80. The lowest BCUT2D eigenvalue weighted by molar-refractivity contribution is 0.102. The molecule has 1 fully saturated rings. The molecule has 1 saturated heterocycles. The summed E-state index contributed by atoms with van der Waals surface area (Å²) >= 11 is 3.37. The van der Waals surface area contributed by atoms with Crippen LogP contribution in [-0.2, 0) is 16.8 Å². The summed E-state index contributed by atoms with van der Waals surface area (Å²) in [5.41, 5.74) is 0.313. The van der Waals surface area contributed by atoms with Gasteiger partial charge in [-0.25, -0.2) is 4.68 Å². The molecule has 1 atom stereocenters. The number of carbonyl (C=O) groups is 1. The average Bonchev–Trinajstić information content (AvgIpc) is 3.21. The summed E-state index contributed by atoms with van der Waals surface area (Å²) in [6.45, 7) is 8.39. The molecule has 0 spiro atoms. The van der Waals surface area contributed by atoms with Crippen LogP contribution in [-0.4, -0.2) is 38.7 Å². The number of nitrogens with one attached hydrogen (secondary N) is 1. The molecular weight excluding hydrogens is 374 g/mol. The second kappa shape index (κ2) is 6.68. The van der Waals surface area contributed by atoms with Gasteiger partial charge < -0.3 is 10.1 Å². The van der Waals surface area contributed by atoms with Gasteiger partial charge in [-0.2, -0.15) is 10.2 Å². The van der Waals surface area contributed by atoms with E-state index in [2.05, 4.69) is 31.4 Å². The normalized spacial score (nSPS) is 18.1. The van der Waals surface area contributed by atoms with Crippen LogP contribution in [0.4, 0.5) is 5.82 Å². The van der Waals surface area contributed by atoms with Crippen LogP contribution >= 0.6 is 15.9 Å². The highest BCUT2D eigenvalue weighted by Crippen LogP contribution is 2.22. The number of carbonyl (C=O) groups excluding carboxylic acids is 1. The molecule has 3 heterocycles. The number of aromatic nitrogens is 4. The first-order chi connectivity index (χ1) is 11.3. The SMILES string of the molecule is CC(C)(C)n1cc(C(=O)Nc2ccnn2C[C@@H]2CCOC2)c(Br)n1. The number of anilines is 1. The van der Waals surface area contributed by atoms with Crippen LogP contribution < -0.4 is 5.32 Å². The fourth-order valence-corrected chi connectivity index (χ4v) is 3.04. The third-order valence-electron chi connectivity index (χ3n) is 4.01. The van der Waals surface area contributed by atoms with Crippen LogP contribution in [0.2, 0.25) is 0 Å². The molecule has 0 bridgehead atoms. The topological polar surface area (TPSA) is 74.0 Å². The first-order valence-electron chi connectivity index (χ1n) is 8.01. The highest BCUT2D eigenvalue weighted by atomic mass is 79.9. The van der Waals surface area contributed by atoms with Crippen LogP contribution in [0.25, 0.3) is 0 Å². The fourth-order valence-electron chi connectivity index (χ4n) is 2.59. The van der Waals surface area contributed by atoms with Crippen molar-refractivity contribution in [3.63, 3.8) is 0 Å². The molecule has 3 rings (SSSR count). The van der Waals surface area contributed by atoms with Crippen LogP contribution in [0.3, 0.4) is 0 Å². The Morgan fingerprint density at radius 3 is 2.92 bits per heavy atom. The zero-order valence-corrected chi connectivity index (χ0v) is 15.7. The van der Waals surface area contributed by atoms with Gasteiger partial charge in [0, 0.05) is 31.3 Å². The molecule has 1 amide bonds. The number of amides is 1. The van der Waals surface area contributed by atoms with Gasteiger partial charge in [0.05, 0.1) is 23.9 Å². The van der Waals surface area contributed by atoms with Gasteiger partial charge in [0.15, 0.2) is 0 Å². The van der Waals surface area contributed by atoms with Crippen molar-refractivity contribution >= 4 is 27.7 Å². The number of ether oxygens (including phenoxy) is 1. The monoisotopic (exact) mass is 395 g/mol. The average molecular weight is 396 g/mol. The standard InChI is InChI=1S/C16H22BrN5O2/c1-16(2,3)22-9-12(14(17)20-22)15(23)19-13-4-6-18-21(13)8-11-5-7-24-10-11/h4,6,9,11H,5,7-8,10H2,1-3H3,(H,19,23)/t11-/m0/s1. The van der Waals surface area contributed by atoms with Crippen molar-refractivity contribution in [1.82, 2.24) is 19.6 Å². The first kappa shape index (κ1) is 17.2. The lowest BCUT2D eigenvalue weighted by Crippen LogP contribution is -2.22. The minimum atomic E-state index is -0.207. The van der Waals surface area contributed by atoms with Gasteiger partial charge in [-0.05, 0) is 43.1 Å². The molecule has 0 saturated carbocycles. The van der Waals surface area contributed by atoms with E-state index in [1.54, 1.807) is 23.1 Å². The molecule has 2 aromatic heterocycles. The predicted octanol–water partition coefficient (Wildman–Crippen LogP) is 2.89. The number of rotatable bonds is 4. The Hall–Kier alpha value is -1.67. The van der Waals surface area contributed by atoms with Crippen molar-refractivity contribution in [1.29, 1.82) is 0 Å². The summed E-state index contributed by atoms with van der Waals surface area (Å²) in [7, 11) is 0. The van der Waals surface area contributed by atoms with Crippen molar-refractivity contribution in [3.05, 3.63) is 28.6 Å². The molecule has 1 aliphatic rings. The first-order valence-corrected chi connectivity index (χ1v) is 8.80. The molecule has 0 aromatic carbocycles. The van der Waals surface area contributed by atoms with E-state index in [-0.39, 0.29) is 11.4 Å². The molecule has 8 heteroatoms. The molecule has 2 aromatic rings. The molecule has 1 aliphatic heterocycles. The predicted molar refractivity (Wildman–Crippen MR) is 94.0 cm³/mol. The smallest absolute Gasteiger partial charge is 0.261 e. The molecule has 0 radical (unpaired) electrons. The van der Waals surface area contributed by atoms with Crippen LogP contribution in [0, 0.1) is 5.92 Å². The summed E-state index contributed by atoms with van der Waals surface area (Å²) in [5, 5.41) is 11.6. The maximum absolute atomic E-state index is 12.6. The van der Waals surface area contributed by atoms with E-state index < -0.39 is 0 Å². The van der Waals surface area contributed by atoms with E-state index in [1.807, 2.05) is 25.5 Å². The lowest BCUT2D eigenvalue weighted by Gasteiger charge is -2.18. The third-order valence-corrected chi connectivity index (χ3v) is 4.60. The zero-order chi connectivity index (χ0) is 17.3. The van der Waals surface area contributed by atoms with Gasteiger partial charge in [-0.1, -0.05) is 0 Å². The second-order valence-corrected chi connectivity index (χ2v) is 7.78. The van der Waals surface area contributed by atoms with E-state index in [0.717, 1.165) is 26.2 Å². The summed E-state index contributed by atoms with van der Waals surface area (Å²) in [5.74, 6) is 0.917. The van der Waals surface area contributed by atoms with Gasteiger partial charge >= 0.3 is 0 Å². The Morgan fingerprint density at radius 1 is 1.50 bits per heavy atom. The van der Waals surface area contributed by atoms with Crippen LogP contribution in [0.15, 0.2) is 23.1 Å². The van der Waals surface area contributed by atoms with Crippen molar-refractivity contribution in [2.24, 2.45) is 5.92 Å². The Morgan fingerprint density at radius 2 is 2.29 bits per heavy atom. The molecule has 0 aliphatic carbocycles. The largest absolute Gasteiger partial charge is 0.381 e. The van der Waals surface area contributed by atoms with Gasteiger partial charge in [0.2, 0.25) is 0 Å². The van der Waals surface area contributed by atoms with Gasteiger partial charge in [0.1, 0.15) is 10.4 Å². The second-order valence-electron chi connectivity index (χ2n) is 7.03. The Bertz CT molecular complexity index is 725. The third kappa shape index (κ3) is 3.70. The molecule has 0 unspecified atom stereocenters. The van der Waals surface area contributed by atoms with E-state index >= 15 is 0 Å². The fraction of sp³-hybridized carbons (Fsp3) is 0.562. The minimum absolute atomic E-state index is 0.189. The van der Waals surface area contributed by atoms with Crippen molar-refractivity contribution < 1.29 is 9.53 Å². The number of nitrogens with zero attached hydrogens (tertiary/aromatic N) is 4. The van der Waals surface area contributed by atoms with Crippen LogP contribution in [0.5, 0.6) is 0 Å². The number of halogens is 1. The minimum Gasteiger partial charge on any atom is -0.381 e.